The van der Waals surface area contributed by atoms with Crippen molar-refractivity contribution in [1.29, 1.82) is 0 Å². The summed E-state index contributed by atoms with van der Waals surface area (Å²) in [5, 5.41) is 13.3. The summed E-state index contributed by atoms with van der Waals surface area (Å²) in [7, 11) is 0. The maximum Gasteiger partial charge on any atom is 0.269 e. The number of nitrogens with one attached hydrogen (secondary N) is 1. The van der Waals surface area contributed by atoms with Gasteiger partial charge in [-0.2, -0.15) is 0 Å². The Labute approximate surface area is 173 Å². The van der Waals surface area contributed by atoms with Crippen LogP contribution in [0.25, 0.3) is 0 Å². The van der Waals surface area contributed by atoms with Gasteiger partial charge in [0.2, 0.25) is 5.91 Å². The lowest BCUT2D eigenvalue weighted by Crippen LogP contribution is -2.58. The standard InChI is InChI=1S/C18H13BrN4O4S/c1-10-8-13(23(26)27)6-7-15(10)20-9-14-16(24)21-18(28)22(17(14)25)12-4-2-11(19)3-5-12/h2-9,14H,1H3,(H,21,24,28)/t14-/m0/s1. The number of aliphatic imine (C=N–C) groups is 1. The van der Waals surface area contributed by atoms with Crippen molar-refractivity contribution in [2.24, 2.45) is 10.9 Å². The molecule has 0 bridgehead atoms. The van der Waals surface area contributed by atoms with Crippen LogP contribution in [0.15, 0.2) is 51.9 Å². The Balaban J connectivity index is 1.88. The van der Waals surface area contributed by atoms with Crippen molar-refractivity contribution in [1.82, 2.24) is 5.32 Å². The molecule has 1 fully saturated rings. The highest BCUT2D eigenvalue weighted by Crippen LogP contribution is 2.25. The van der Waals surface area contributed by atoms with Gasteiger partial charge >= 0.3 is 0 Å². The molecule has 142 valence electrons. The summed E-state index contributed by atoms with van der Waals surface area (Å²) in [6.45, 7) is 1.66. The number of aryl methyl sites for hydroxylation is 1. The lowest BCUT2D eigenvalue weighted by molar-refractivity contribution is -0.384. The molecule has 3 rings (SSSR count). The van der Waals surface area contributed by atoms with Crippen molar-refractivity contribution >= 4 is 68.4 Å². The number of rotatable bonds is 4. The number of benzene rings is 2. The first kappa shape index (κ1) is 19.8. The molecule has 8 nitrogen and oxygen atoms in total. The van der Waals surface area contributed by atoms with Crippen molar-refractivity contribution in [3.63, 3.8) is 0 Å². The molecule has 0 saturated carbocycles. The van der Waals surface area contributed by atoms with Crippen LogP contribution in [0.5, 0.6) is 0 Å². The largest absolute Gasteiger partial charge is 0.301 e. The van der Waals surface area contributed by atoms with E-state index in [0.717, 1.165) is 4.47 Å². The van der Waals surface area contributed by atoms with Crippen molar-refractivity contribution in [2.45, 2.75) is 6.92 Å². The zero-order valence-corrected chi connectivity index (χ0v) is 16.9. The Hall–Kier alpha value is -2.98. The van der Waals surface area contributed by atoms with Crippen LogP contribution in [0.2, 0.25) is 0 Å². The first-order chi connectivity index (χ1) is 13.3. The lowest BCUT2D eigenvalue weighted by Gasteiger charge is -2.30. The van der Waals surface area contributed by atoms with Gasteiger partial charge in [0.15, 0.2) is 11.0 Å². The Morgan fingerprint density at radius 3 is 2.54 bits per heavy atom. The fraction of sp³-hybridized carbons (Fsp3) is 0.111. The van der Waals surface area contributed by atoms with Crippen LogP contribution in [0, 0.1) is 23.0 Å². The van der Waals surface area contributed by atoms with Gasteiger partial charge < -0.3 is 5.32 Å². The second-order valence-electron chi connectivity index (χ2n) is 5.93. The summed E-state index contributed by atoms with van der Waals surface area (Å²) < 4.78 is 0.836. The molecule has 0 spiro atoms. The number of amides is 2. The van der Waals surface area contributed by atoms with Gasteiger partial charge in [-0.25, -0.2) is 0 Å². The summed E-state index contributed by atoms with van der Waals surface area (Å²) in [5.74, 6) is -2.28. The first-order valence-corrected chi connectivity index (χ1v) is 9.21. The third kappa shape index (κ3) is 3.97. The molecule has 1 aliphatic heterocycles. The van der Waals surface area contributed by atoms with E-state index in [1.165, 1.54) is 29.3 Å². The molecule has 1 N–H and O–H groups in total. The maximum absolute atomic E-state index is 12.9. The van der Waals surface area contributed by atoms with Crippen LogP contribution < -0.4 is 10.2 Å². The van der Waals surface area contributed by atoms with E-state index in [9.17, 15) is 19.7 Å². The molecule has 1 saturated heterocycles. The fourth-order valence-corrected chi connectivity index (χ4v) is 3.17. The van der Waals surface area contributed by atoms with Gasteiger partial charge in [-0.15, -0.1) is 0 Å². The zero-order valence-electron chi connectivity index (χ0n) is 14.5. The monoisotopic (exact) mass is 460 g/mol. The fourth-order valence-electron chi connectivity index (χ4n) is 2.61. The van der Waals surface area contributed by atoms with Crippen LogP contribution in [-0.4, -0.2) is 28.1 Å². The van der Waals surface area contributed by atoms with Crippen LogP contribution in [0.4, 0.5) is 17.1 Å². The first-order valence-electron chi connectivity index (χ1n) is 8.01. The normalized spacial score (nSPS) is 17.1. The Morgan fingerprint density at radius 2 is 1.93 bits per heavy atom. The minimum Gasteiger partial charge on any atom is -0.301 e. The molecule has 1 aliphatic rings. The number of carbonyl (C=O) groups is 2. The van der Waals surface area contributed by atoms with Crippen LogP contribution in [0.3, 0.4) is 0 Å². The van der Waals surface area contributed by atoms with E-state index in [2.05, 4.69) is 26.2 Å². The van der Waals surface area contributed by atoms with Gasteiger partial charge in [0.25, 0.3) is 11.6 Å². The van der Waals surface area contributed by atoms with Gasteiger partial charge in [-0.3, -0.25) is 29.6 Å². The van der Waals surface area contributed by atoms with E-state index in [1.54, 1.807) is 31.2 Å². The molecule has 0 aromatic heterocycles. The summed E-state index contributed by atoms with van der Waals surface area (Å²) in [4.78, 5) is 40.9. The molecular formula is C18H13BrN4O4S. The second-order valence-corrected chi connectivity index (χ2v) is 7.23. The predicted octanol–water partition coefficient (Wildman–Crippen LogP) is 3.43. The van der Waals surface area contributed by atoms with Gasteiger partial charge in [0, 0.05) is 22.8 Å². The Bertz CT molecular complexity index is 1020. The molecule has 1 atom stereocenters. The number of nitro benzene ring substituents is 1. The molecule has 0 radical (unpaired) electrons. The number of nitrogens with zero attached hydrogens (tertiary/aromatic N) is 3. The third-order valence-electron chi connectivity index (χ3n) is 4.04. The topological polar surface area (TPSA) is 105 Å². The van der Waals surface area contributed by atoms with E-state index in [0.29, 0.717) is 16.9 Å². The lowest BCUT2D eigenvalue weighted by atomic mass is 10.1. The number of anilines is 1. The average molecular weight is 461 g/mol. The van der Waals surface area contributed by atoms with Crippen LogP contribution in [-0.2, 0) is 9.59 Å². The van der Waals surface area contributed by atoms with Crippen LogP contribution >= 0.6 is 28.1 Å². The van der Waals surface area contributed by atoms with E-state index in [4.69, 9.17) is 12.2 Å². The maximum atomic E-state index is 12.9. The minimum atomic E-state index is -1.18. The number of halogens is 1. The number of carbonyl (C=O) groups excluding carboxylic acids is 2. The van der Waals surface area contributed by atoms with Crippen molar-refractivity contribution in [2.75, 3.05) is 4.90 Å². The molecule has 2 aromatic carbocycles. The smallest absolute Gasteiger partial charge is 0.269 e. The van der Waals surface area contributed by atoms with E-state index >= 15 is 0 Å². The molecular weight excluding hydrogens is 448 g/mol. The second kappa shape index (κ2) is 7.95. The Kier molecular flexibility index (Phi) is 5.61. The van der Waals surface area contributed by atoms with Gasteiger partial charge in [-0.1, -0.05) is 15.9 Å². The van der Waals surface area contributed by atoms with E-state index < -0.39 is 22.7 Å². The third-order valence-corrected chi connectivity index (χ3v) is 4.85. The number of hydrogen-bond donors (Lipinski definition) is 1. The van der Waals surface area contributed by atoms with Gasteiger partial charge in [-0.05, 0) is 55.0 Å². The molecule has 2 amide bonds. The number of thiocarbonyl (C=S) groups is 1. The quantitative estimate of drug-likeness (QED) is 0.247. The van der Waals surface area contributed by atoms with Gasteiger partial charge in [0.1, 0.15) is 0 Å². The minimum absolute atomic E-state index is 0.00603. The van der Waals surface area contributed by atoms with E-state index in [-0.39, 0.29) is 10.8 Å². The van der Waals surface area contributed by atoms with Crippen molar-refractivity contribution in [3.05, 3.63) is 62.6 Å². The molecule has 2 aromatic rings. The SMILES string of the molecule is Cc1cc([N+](=O)[O-])ccc1N=C[C@H]1C(=O)NC(=S)N(c2ccc(Br)cc2)C1=O. The zero-order chi connectivity index (χ0) is 20.4. The molecule has 28 heavy (non-hydrogen) atoms. The van der Waals surface area contributed by atoms with Crippen molar-refractivity contribution < 1.29 is 14.5 Å². The summed E-state index contributed by atoms with van der Waals surface area (Å²) in [5.41, 5.74) is 1.43. The predicted molar refractivity (Wildman–Crippen MR) is 112 cm³/mol. The average Bonchev–Trinajstić information content (AvgIpc) is 2.63. The molecule has 0 aliphatic carbocycles. The van der Waals surface area contributed by atoms with Crippen LogP contribution in [0.1, 0.15) is 5.56 Å². The highest BCUT2D eigenvalue weighted by atomic mass is 79.9. The molecule has 1 heterocycles. The van der Waals surface area contributed by atoms with Crippen molar-refractivity contribution in [3.8, 4) is 0 Å². The summed E-state index contributed by atoms with van der Waals surface area (Å²) in [6.07, 6.45) is 1.22. The highest BCUT2D eigenvalue weighted by molar-refractivity contribution is 9.10. The Morgan fingerprint density at radius 1 is 1.25 bits per heavy atom. The number of nitro groups is 1. The van der Waals surface area contributed by atoms with Gasteiger partial charge in [0.05, 0.1) is 16.3 Å². The molecule has 0 unspecified atom stereocenters. The summed E-state index contributed by atoms with van der Waals surface area (Å²) in [6, 6.07) is 11.0. The number of non-ortho nitro benzene ring substituents is 1. The highest BCUT2D eigenvalue weighted by Gasteiger charge is 2.38. The summed E-state index contributed by atoms with van der Waals surface area (Å²) >= 11 is 8.46. The van der Waals surface area contributed by atoms with E-state index in [1.807, 2.05) is 0 Å². The molecule has 10 heteroatoms. The number of hydrogen-bond acceptors (Lipinski definition) is 6.